The van der Waals surface area contributed by atoms with Gasteiger partial charge in [0.1, 0.15) is 5.69 Å². The van der Waals surface area contributed by atoms with Gasteiger partial charge < -0.3 is 10.4 Å². The van der Waals surface area contributed by atoms with E-state index in [2.05, 4.69) is 0 Å². The Morgan fingerprint density at radius 1 is 1.30 bits per heavy atom. The lowest BCUT2D eigenvalue weighted by Gasteiger charge is -2.19. The molecule has 0 aromatic heterocycles. The van der Waals surface area contributed by atoms with E-state index in [1.165, 1.54) is 0 Å². The van der Waals surface area contributed by atoms with Crippen molar-refractivity contribution in [1.82, 2.24) is 0 Å². The molecule has 0 fully saturated rings. The fraction of sp³-hybridized carbons (Fsp3) is 0.400. The van der Waals surface area contributed by atoms with Crippen LogP contribution in [0.1, 0.15) is 6.42 Å². The van der Waals surface area contributed by atoms with Gasteiger partial charge in [0.2, 0.25) is 0 Å². The topological polar surface area (TPSA) is 75.4 Å². The molecule has 0 heterocycles. The maximum absolute atomic E-state index is 13.4. The van der Waals surface area contributed by atoms with E-state index >= 15 is 0 Å². The molecular formula is C10H9F5N2O3. The molecule has 10 heteroatoms. The number of nitro groups is 1. The number of anilines is 1. The summed E-state index contributed by atoms with van der Waals surface area (Å²) in [6, 6.07) is -0.929. The molecule has 0 radical (unpaired) electrons. The van der Waals surface area contributed by atoms with Gasteiger partial charge in [-0.15, -0.1) is 0 Å². The minimum absolute atomic E-state index is 0.368. The number of aliphatic hydroxyl groups is 1. The van der Waals surface area contributed by atoms with Crippen LogP contribution in [-0.2, 0) is 0 Å². The zero-order valence-electron chi connectivity index (χ0n) is 9.75. The number of nitrogens with one attached hydrogen (secondary N) is 1. The summed E-state index contributed by atoms with van der Waals surface area (Å²) >= 11 is 0. The highest BCUT2D eigenvalue weighted by atomic mass is 19.4. The Labute approximate surface area is 109 Å². The number of benzene rings is 1. The monoisotopic (exact) mass is 300 g/mol. The smallest absolute Gasteiger partial charge is 0.391 e. The van der Waals surface area contributed by atoms with Crippen LogP contribution in [0.4, 0.5) is 33.3 Å². The Morgan fingerprint density at radius 3 is 2.15 bits per heavy atom. The van der Waals surface area contributed by atoms with Gasteiger partial charge in [-0.3, -0.25) is 10.1 Å². The van der Waals surface area contributed by atoms with E-state index in [9.17, 15) is 32.1 Å². The highest BCUT2D eigenvalue weighted by molar-refractivity contribution is 5.52. The number of non-ortho nitro benzene ring substituents is 1. The van der Waals surface area contributed by atoms with Crippen LogP contribution < -0.4 is 5.32 Å². The number of hydrogen-bond donors (Lipinski definition) is 2. The Balaban J connectivity index is 2.99. The number of rotatable bonds is 5. The molecule has 1 unspecified atom stereocenters. The molecule has 0 aliphatic heterocycles. The van der Waals surface area contributed by atoms with Crippen LogP contribution in [0.5, 0.6) is 0 Å². The highest BCUT2D eigenvalue weighted by Gasteiger charge is 2.32. The first-order valence-corrected chi connectivity index (χ1v) is 5.21. The van der Waals surface area contributed by atoms with Crippen molar-refractivity contribution in [2.24, 2.45) is 0 Å². The quantitative estimate of drug-likeness (QED) is 0.498. The first kappa shape index (κ1) is 16.1. The summed E-state index contributed by atoms with van der Waals surface area (Å²) in [4.78, 5) is 9.30. The first-order valence-electron chi connectivity index (χ1n) is 5.21. The van der Waals surface area contributed by atoms with Crippen LogP contribution in [0.15, 0.2) is 12.1 Å². The van der Waals surface area contributed by atoms with Gasteiger partial charge in [0.05, 0.1) is 36.1 Å². The molecule has 0 aliphatic rings. The summed E-state index contributed by atoms with van der Waals surface area (Å²) in [7, 11) is 0. The van der Waals surface area contributed by atoms with Crippen LogP contribution in [0, 0.1) is 21.7 Å². The summed E-state index contributed by atoms with van der Waals surface area (Å²) in [6.45, 7) is -1.02. The summed E-state index contributed by atoms with van der Waals surface area (Å²) in [5, 5.41) is 21.0. The van der Waals surface area contributed by atoms with Gasteiger partial charge in [-0.05, 0) is 0 Å². The lowest BCUT2D eigenvalue weighted by atomic mass is 10.2. The molecule has 2 N–H and O–H groups in total. The molecule has 1 atom stereocenters. The predicted octanol–water partition coefficient (Wildman–Crippen LogP) is 2.60. The second-order valence-electron chi connectivity index (χ2n) is 3.88. The van der Waals surface area contributed by atoms with E-state index in [-0.39, 0.29) is 0 Å². The van der Waals surface area contributed by atoms with Gasteiger partial charge in [-0.25, -0.2) is 8.78 Å². The molecule has 0 saturated carbocycles. The van der Waals surface area contributed by atoms with Crippen molar-refractivity contribution in [1.29, 1.82) is 0 Å². The molecule has 5 nitrogen and oxygen atoms in total. The molecule has 0 amide bonds. The van der Waals surface area contributed by atoms with Crippen molar-refractivity contribution in [2.45, 2.75) is 18.6 Å². The molecule has 0 aliphatic carbocycles. The van der Waals surface area contributed by atoms with Crippen LogP contribution in [0.3, 0.4) is 0 Å². The third-order valence-corrected chi connectivity index (χ3v) is 2.28. The van der Waals surface area contributed by atoms with Gasteiger partial charge in [0.25, 0.3) is 5.69 Å². The van der Waals surface area contributed by atoms with Gasteiger partial charge in [0.15, 0.2) is 11.6 Å². The van der Waals surface area contributed by atoms with E-state index in [4.69, 9.17) is 5.11 Å². The average Bonchev–Trinajstić information content (AvgIpc) is 2.30. The summed E-state index contributed by atoms with van der Waals surface area (Å²) in [5.74, 6) is -2.84. The highest BCUT2D eigenvalue weighted by Crippen LogP contribution is 2.28. The molecular weight excluding hydrogens is 291 g/mol. The van der Waals surface area contributed by atoms with Gasteiger partial charge in [-0.1, -0.05) is 0 Å². The van der Waals surface area contributed by atoms with Crippen molar-refractivity contribution in [3.63, 3.8) is 0 Å². The molecule has 0 spiro atoms. The lowest BCUT2D eigenvalue weighted by molar-refractivity contribution is -0.385. The zero-order valence-corrected chi connectivity index (χ0v) is 9.75. The number of halogens is 5. The van der Waals surface area contributed by atoms with Crippen LogP contribution in [-0.4, -0.2) is 28.9 Å². The maximum atomic E-state index is 13.4. The third-order valence-electron chi connectivity index (χ3n) is 2.28. The Hall–Kier alpha value is -1.97. The predicted molar refractivity (Wildman–Crippen MR) is 58.2 cm³/mol. The molecule has 20 heavy (non-hydrogen) atoms. The molecule has 1 aromatic carbocycles. The minimum atomic E-state index is -4.64. The van der Waals surface area contributed by atoms with Crippen LogP contribution >= 0.6 is 0 Å². The lowest BCUT2D eigenvalue weighted by Crippen LogP contribution is -2.30. The molecule has 1 rings (SSSR count). The maximum Gasteiger partial charge on any atom is 0.391 e. The number of hydrogen-bond acceptors (Lipinski definition) is 4. The Morgan fingerprint density at radius 2 is 1.80 bits per heavy atom. The Bertz CT molecular complexity index is 483. The number of nitrogens with zero attached hydrogens (tertiary/aromatic N) is 1. The fourth-order valence-electron chi connectivity index (χ4n) is 1.45. The second-order valence-corrected chi connectivity index (χ2v) is 3.88. The summed E-state index contributed by atoms with van der Waals surface area (Å²) in [5.41, 5.74) is -1.83. The molecule has 1 aromatic rings. The van der Waals surface area contributed by atoms with Crippen molar-refractivity contribution >= 4 is 11.4 Å². The van der Waals surface area contributed by atoms with Crippen molar-refractivity contribution in [3.8, 4) is 0 Å². The zero-order chi connectivity index (χ0) is 15.5. The SMILES string of the molecule is O=[N+]([O-])c1cc(F)c(NC(CO)CC(F)(F)F)c(F)c1. The summed E-state index contributed by atoms with van der Waals surface area (Å²) < 4.78 is 63.3. The van der Waals surface area contributed by atoms with Gasteiger partial charge in [-0.2, -0.15) is 13.2 Å². The third kappa shape index (κ3) is 4.30. The fourth-order valence-corrected chi connectivity index (χ4v) is 1.45. The molecule has 0 bridgehead atoms. The number of alkyl halides is 3. The van der Waals surface area contributed by atoms with E-state index in [1.807, 2.05) is 5.32 Å². The van der Waals surface area contributed by atoms with E-state index in [0.717, 1.165) is 0 Å². The van der Waals surface area contributed by atoms with Crippen LogP contribution in [0.25, 0.3) is 0 Å². The molecule has 0 saturated heterocycles. The first-order chi connectivity index (χ1) is 9.14. The summed E-state index contributed by atoms with van der Waals surface area (Å²) in [6.07, 6.45) is -6.16. The van der Waals surface area contributed by atoms with Crippen molar-refractivity contribution < 1.29 is 32.0 Å². The van der Waals surface area contributed by atoms with E-state index in [1.54, 1.807) is 0 Å². The largest absolute Gasteiger partial charge is 0.394 e. The van der Waals surface area contributed by atoms with Crippen LogP contribution in [0.2, 0.25) is 0 Å². The van der Waals surface area contributed by atoms with E-state index in [0.29, 0.717) is 12.1 Å². The van der Waals surface area contributed by atoms with Crippen molar-refractivity contribution in [2.75, 3.05) is 11.9 Å². The molecule has 112 valence electrons. The van der Waals surface area contributed by atoms with E-state index < -0.39 is 53.2 Å². The van der Waals surface area contributed by atoms with Crippen molar-refractivity contribution in [3.05, 3.63) is 33.9 Å². The normalized spacial score (nSPS) is 13.1. The second kappa shape index (κ2) is 5.99. The number of nitro benzene ring substituents is 1. The number of aliphatic hydroxyl groups excluding tert-OH is 1. The standard InChI is InChI=1S/C10H9F5N2O3/c11-7-1-6(17(19)20)2-8(12)9(7)16-5(4-18)3-10(13,14)15/h1-2,5,16,18H,3-4H2. The van der Waals surface area contributed by atoms with Gasteiger partial charge >= 0.3 is 6.18 Å². The minimum Gasteiger partial charge on any atom is -0.394 e. The average molecular weight is 300 g/mol. The van der Waals surface area contributed by atoms with Gasteiger partial charge in [0, 0.05) is 0 Å². The Kier molecular flexibility index (Phi) is 4.82.